The van der Waals surface area contributed by atoms with Crippen LogP contribution in [0.2, 0.25) is 0 Å². The summed E-state index contributed by atoms with van der Waals surface area (Å²) < 4.78 is 4.82. The minimum Gasteiger partial charge on any atom is -0.324 e. The minimum atomic E-state index is -0.0141. The lowest BCUT2D eigenvalue weighted by molar-refractivity contribution is 0.817. The van der Waals surface area contributed by atoms with E-state index in [0.29, 0.717) is 5.92 Å². The fraction of sp³-hybridized carbons (Fsp3) is 0.0952. The number of hydrogen-bond donors (Lipinski definition) is 1. The van der Waals surface area contributed by atoms with Gasteiger partial charge in [0.1, 0.15) is 0 Å². The summed E-state index contributed by atoms with van der Waals surface area (Å²) in [5, 5.41) is 8.99. The topological polar surface area (TPSA) is 35.9 Å². The summed E-state index contributed by atoms with van der Waals surface area (Å²) in [4.78, 5) is 0. The number of hydrogen-bond acceptors (Lipinski definition) is 1. The molecule has 2 heterocycles. The van der Waals surface area contributed by atoms with E-state index in [-0.39, 0.29) is 6.04 Å². The Labute approximate surface area is 261 Å². The molecule has 0 saturated heterocycles. The molecule has 45 heavy (non-hydrogen) atoms. The molecule has 0 spiro atoms. The molecule has 1 aliphatic rings. The molecule has 0 fully saturated rings. The van der Waals surface area contributed by atoms with Gasteiger partial charge in [0.25, 0.3) is 0 Å². The zero-order chi connectivity index (χ0) is 30.1. The highest BCUT2D eigenvalue weighted by atomic mass is 15.0. The molecule has 6 aromatic carbocycles. The van der Waals surface area contributed by atoms with E-state index in [1.807, 2.05) is 6.92 Å². The normalized spacial score (nSPS) is 15.3. The highest BCUT2D eigenvalue weighted by Crippen LogP contribution is 2.36. The second-order valence-electron chi connectivity index (χ2n) is 12.4. The van der Waals surface area contributed by atoms with Gasteiger partial charge < -0.3 is 14.9 Å². The van der Waals surface area contributed by atoms with Crippen molar-refractivity contribution in [1.29, 1.82) is 0 Å². The summed E-state index contributed by atoms with van der Waals surface area (Å²) >= 11 is 0. The van der Waals surface area contributed by atoms with Crippen LogP contribution in [0.5, 0.6) is 0 Å². The van der Waals surface area contributed by atoms with Crippen LogP contribution in [-0.4, -0.2) is 9.13 Å². The Bertz CT molecular complexity index is 2560. The number of benzene rings is 6. The molecule has 2 N–H and O–H groups in total. The number of rotatable bonds is 4. The third-order valence-corrected chi connectivity index (χ3v) is 9.66. The van der Waals surface area contributed by atoms with Crippen molar-refractivity contribution in [3.05, 3.63) is 155 Å². The molecule has 0 aliphatic heterocycles. The molecule has 0 bridgehead atoms. The van der Waals surface area contributed by atoms with Crippen molar-refractivity contribution < 1.29 is 0 Å². The van der Waals surface area contributed by atoms with Crippen LogP contribution in [-0.2, 0) is 0 Å². The Morgan fingerprint density at radius 2 is 1.31 bits per heavy atom. The largest absolute Gasteiger partial charge is 0.324 e. The molecule has 216 valence electrons. The zero-order valence-corrected chi connectivity index (χ0v) is 25.2. The molecule has 2 unspecified atom stereocenters. The van der Waals surface area contributed by atoms with Crippen LogP contribution >= 0.6 is 0 Å². The predicted molar refractivity (Wildman–Crippen MR) is 190 cm³/mol. The van der Waals surface area contributed by atoms with E-state index in [0.717, 1.165) is 17.7 Å². The lowest BCUT2D eigenvalue weighted by Crippen LogP contribution is -2.31. The summed E-state index contributed by atoms with van der Waals surface area (Å²) in [6.45, 7) is 2.04. The van der Waals surface area contributed by atoms with Gasteiger partial charge in [0.2, 0.25) is 0 Å². The third-order valence-electron chi connectivity index (χ3n) is 9.66. The standard InChI is InChI=1S/C42H33N3/c1-27(43)29-11-8-12-33(23-29)44-39-15-6-4-13-35(39)37-25-31(18-21-41(37)44)32-19-22-42-38(26-32)36-14-5-7-16-40(36)45(42)34-20-17-28-9-2-3-10-30(28)24-34/h2-18,20-27,32H,19,43H2,1H3. The third kappa shape index (κ3) is 4.08. The second kappa shape index (κ2) is 10.1. The van der Waals surface area contributed by atoms with E-state index in [9.17, 15) is 0 Å². The second-order valence-corrected chi connectivity index (χ2v) is 12.4. The molecule has 0 radical (unpaired) electrons. The molecule has 1 aliphatic carbocycles. The van der Waals surface area contributed by atoms with E-state index in [1.165, 1.54) is 65.3 Å². The van der Waals surface area contributed by atoms with Crippen molar-refractivity contribution in [2.75, 3.05) is 0 Å². The first-order valence-electron chi connectivity index (χ1n) is 15.8. The first kappa shape index (κ1) is 26.1. The quantitative estimate of drug-likeness (QED) is 0.223. The van der Waals surface area contributed by atoms with E-state index in [2.05, 4.69) is 155 Å². The molecule has 0 amide bonds. The maximum atomic E-state index is 6.27. The van der Waals surface area contributed by atoms with Crippen LogP contribution in [0.4, 0.5) is 0 Å². The molecule has 2 aromatic heterocycles. The van der Waals surface area contributed by atoms with E-state index in [4.69, 9.17) is 5.73 Å². The van der Waals surface area contributed by atoms with Gasteiger partial charge in [0, 0.05) is 50.1 Å². The maximum absolute atomic E-state index is 6.27. The molecule has 8 aromatic rings. The van der Waals surface area contributed by atoms with Crippen molar-refractivity contribution in [3.63, 3.8) is 0 Å². The molecule has 3 nitrogen and oxygen atoms in total. The Hall–Kier alpha value is -5.38. The number of fused-ring (bicyclic) bond motifs is 7. The lowest BCUT2D eigenvalue weighted by atomic mass is 9.90. The number of aromatic nitrogens is 2. The molecular weight excluding hydrogens is 546 g/mol. The Balaban J connectivity index is 1.21. The SMILES string of the molecule is CC(N)c1cccc(-n2c3ccccc3c3cc(C4C=c5c(n(-c6ccc7ccccc7c6)c6ccccc56)=CC4)ccc32)c1. The van der Waals surface area contributed by atoms with Crippen LogP contribution < -0.4 is 16.3 Å². The summed E-state index contributed by atoms with van der Waals surface area (Å²) in [7, 11) is 0. The number of nitrogens with zero attached hydrogens (tertiary/aromatic N) is 2. The summed E-state index contributed by atoms with van der Waals surface area (Å²) in [5.74, 6) is 0.293. The van der Waals surface area contributed by atoms with E-state index in [1.54, 1.807) is 0 Å². The van der Waals surface area contributed by atoms with Crippen molar-refractivity contribution in [3.8, 4) is 11.4 Å². The van der Waals surface area contributed by atoms with E-state index < -0.39 is 0 Å². The Morgan fingerprint density at radius 3 is 2.16 bits per heavy atom. The molecule has 3 heteroatoms. The highest BCUT2D eigenvalue weighted by molar-refractivity contribution is 6.09. The van der Waals surface area contributed by atoms with Gasteiger partial charge in [-0.1, -0.05) is 97.1 Å². The first-order chi connectivity index (χ1) is 22.1. The van der Waals surface area contributed by atoms with Gasteiger partial charge >= 0.3 is 0 Å². The van der Waals surface area contributed by atoms with Gasteiger partial charge in [-0.25, -0.2) is 0 Å². The summed E-state index contributed by atoms with van der Waals surface area (Å²) in [6.07, 6.45) is 5.90. The lowest BCUT2D eigenvalue weighted by Gasteiger charge is -2.16. The van der Waals surface area contributed by atoms with Gasteiger partial charge in [0.05, 0.1) is 16.6 Å². The number of nitrogens with two attached hydrogens (primary N) is 1. The van der Waals surface area contributed by atoms with Crippen LogP contribution in [0.15, 0.2) is 133 Å². The Kier molecular flexibility index (Phi) is 5.84. The fourth-order valence-corrected chi connectivity index (χ4v) is 7.44. The number of para-hydroxylation sites is 2. The van der Waals surface area contributed by atoms with Crippen molar-refractivity contribution in [2.24, 2.45) is 5.73 Å². The van der Waals surface area contributed by atoms with Crippen LogP contribution in [0, 0.1) is 0 Å². The van der Waals surface area contributed by atoms with Crippen LogP contribution in [0.1, 0.15) is 36.4 Å². The maximum Gasteiger partial charge on any atom is 0.0541 e. The van der Waals surface area contributed by atoms with Gasteiger partial charge in [0.15, 0.2) is 0 Å². The molecule has 2 atom stereocenters. The van der Waals surface area contributed by atoms with Gasteiger partial charge in [-0.15, -0.1) is 0 Å². The average molecular weight is 580 g/mol. The summed E-state index contributed by atoms with van der Waals surface area (Å²) in [5.41, 5.74) is 14.8. The molecule has 0 saturated carbocycles. The monoisotopic (exact) mass is 579 g/mol. The summed E-state index contributed by atoms with van der Waals surface area (Å²) in [6, 6.07) is 48.7. The van der Waals surface area contributed by atoms with Gasteiger partial charge in [-0.05, 0) is 83.8 Å². The van der Waals surface area contributed by atoms with Crippen molar-refractivity contribution in [1.82, 2.24) is 9.13 Å². The van der Waals surface area contributed by atoms with Crippen molar-refractivity contribution in [2.45, 2.75) is 25.3 Å². The van der Waals surface area contributed by atoms with Gasteiger partial charge in [-0.2, -0.15) is 0 Å². The van der Waals surface area contributed by atoms with Gasteiger partial charge in [-0.3, -0.25) is 0 Å². The van der Waals surface area contributed by atoms with Crippen LogP contribution in [0.25, 0.3) is 67.0 Å². The smallest absolute Gasteiger partial charge is 0.0541 e. The fourth-order valence-electron chi connectivity index (χ4n) is 7.44. The molecule has 9 rings (SSSR count). The van der Waals surface area contributed by atoms with Crippen molar-refractivity contribution >= 4 is 55.6 Å². The zero-order valence-electron chi connectivity index (χ0n) is 25.2. The van der Waals surface area contributed by atoms with Crippen LogP contribution in [0.3, 0.4) is 0 Å². The highest BCUT2D eigenvalue weighted by Gasteiger charge is 2.19. The predicted octanol–water partition coefficient (Wildman–Crippen LogP) is 8.65. The molecular formula is C42H33N3. The van der Waals surface area contributed by atoms with E-state index >= 15 is 0 Å². The Morgan fingerprint density at radius 1 is 0.600 bits per heavy atom. The minimum absolute atomic E-state index is 0.0141. The average Bonchev–Trinajstić information content (AvgIpc) is 3.60. The first-order valence-corrected chi connectivity index (χ1v) is 15.8.